The molecule has 0 aliphatic heterocycles. The first-order valence-corrected chi connectivity index (χ1v) is 4.47. The molecule has 17 heavy (non-hydrogen) atoms. The van der Waals surface area contributed by atoms with Crippen molar-refractivity contribution in [2.24, 2.45) is 5.73 Å². The topological polar surface area (TPSA) is 72.5 Å². The van der Waals surface area contributed by atoms with Gasteiger partial charge in [-0.1, -0.05) is 18.2 Å². The standard InChI is InChI=1S/C10H10F3NO3/c1-17-7-5-3-2-4-6(7)9(14,8(15)16)10(11,12)13/h2-5H,14H2,1H3,(H,15,16). The van der Waals surface area contributed by atoms with E-state index in [1.807, 2.05) is 0 Å². The molecule has 0 aromatic heterocycles. The number of hydrogen-bond donors (Lipinski definition) is 2. The van der Waals surface area contributed by atoms with Gasteiger partial charge in [0.15, 0.2) is 0 Å². The van der Waals surface area contributed by atoms with E-state index in [-0.39, 0.29) is 5.75 Å². The quantitative estimate of drug-likeness (QED) is 0.851. The van der Waals surface area contributed by atoms with Gasteiger partial charge in [-0.05, 0) is 6.07 Å². The average Bonchev–Trinajstić information content (AvgIpc) is 2.26. The molecule has 0 fully saturated rings. The lowest BCUT2D eigenvalue weighted by molar-refractivity contribution is -0.205. The Morgan fingerprint density at radius 1 is 1.35 bits per heavy atom. The number of aliphatic carboxylic acids is 1. The van der Waals surface area contributed by atoms with E-state index in [0.29, 0.717) is 0 Å². The van der Waals surface area contributed by atoms with Crippen molar-refractivity contribution < 1.29 is 27.8 Å². The van der Waals surface area contributed by atoms with Gasteiger partial charge < -0.3 is 15.6 Å². The third-order valence-corrected chi connectivity index (χ3v) is 2.32. The van der Waals surface area contributed by atoms with Crippen molar-refractivity contribution in [3.8, 4) is 5.75 Å². The second-order valence-electron chi connectivity index (χ2n) is 3.31. The molecule has 1 aromatic carbocycles. The van der Waals surface area contributed by atoms with Crippen LogP contribution < -0.4 is 10.5 Å². The molecule has 0 spiro atoms. The van der Waals surface area contributed by atoms with Crippen molar-refractivity contribution in [2.45, 2.75) is 11.7 Å². The van der Waals surface area contributed by atoms with E-state index in [1.54, 1.807) is 0 Å². The average molecular weight is 249 g/mol. The van der Waals surface area contributed by atoms with Crippen molar-refractivity contribution >= 4 is 5.97 Å². The van der Waals surface area contributed by atoms with Crippen LogP contribution in [0.5, 0.6) is 5.75 Å². The Labute approximate surface area is 94.8 Å². The molecule has 1 aromatic rings. The zero-order valence-electron chi connectivity index (χ0n) is 8.78. The SMILES string of the molecule is COc1ccccc1C(N)(C(=O)O)C(F)(F)F. The van der Waals surface area contributed by atoms with Gasteiger partial charge in [0.2, 0.25) is 5.54 Å². The number of methoxy groups -OCH3 is 1. The highest BCUT2D eigenvalue weighted by Gasteiger charge is 2.60. The number of rotatable bonds is 3. The van der Waals surface area contributed by atoms with Crippen molar-refractivity contribution in [2.75, 3.05) is 7.11 Å². The van der Waals surface area contributed by atoms with Gasteiger partial charge in [-0.25, -0.2) is 4.79 Å². The van der Waals surface area contributed by atoms with E-state index in [4.69, 9.17) is 15.6 Å². The van der Waals surface area contributed by atoms with Crippen LogP contribution in [0, 0.1) is 0 Å². The molecule has 94 valence electrons. The zero-order valence-corrected chi connectivity index (χ0v) is 8.78. The summed E-state index contributed by atoms with van der Waals surface area (Å²) in [6, 6.07) is 4.86. The molecule has 1 atom stereocenters. The fourth-order valence-electron chi connectivity index (χ4n) is 1.36. The smallest absolute Gasteiger partial charge is 0.421 e. The molecule has 0 saturated carbocycles. The van der Waals surface area contributed by atoms with Crippen LogP contribution in [0.15, 0.2) is 24.3 Å². The van der Waals surface area contributed by atoms with Crippen LogP contribution in [0.3, 0.4) is 0 Å². The lowest BCUT2D eigenvalue weighted by Crippen LogP contribution is -2.56. The van der Waals surface area contributed by atoms with Crippen LogP contribution >= 0.6 is 0 Å². The van der Waals surface area contributed by atoms with E-state index in [9.17, 15) is 18.0 Å². The molecular weight excluding hydrogens is 239 g/mol. The van der Waals surface area contributed by atoms with Gasteiger partial charge in [-0.3, -0.25) is 0 Å². The third-order valence-electron chi connectivity index (χ3n) is 2.32. The number of halogens is 3. The molecular formula is C10H10F3NO3. The summed E-state index contributed by atoms with van der Waals surface area (Å²) in [6.45, 7) is 0. The minimum atomic E-state index is -5.13. The Morgan fingerprint density at radius 2 is 1.88 bits per heavy atom. The van der Waals surface area contributed by atoms with Gasteiger partial charge in [0.05, 0.1) is 7.11 Å². The lowest BCUT2D eigenvalue weighted by Gasteiger charge is -2.28. The summed E-state index contributed by atoms with van der Waals surface area (Å²) in [4.78, 5) is 10.8. The Morgan fingerprint density at radius 3 is 2.29 bits per heavy atom. The van der Waals surface area contributed by atoms with Crippen LogP contribution in [0.25, 0.3) is 0 Å². The largest absolute Gasteiger partial charge is 0.496 e. The minimum absolute atomic E-state index is 0.227. The maximum Gasteiger partial charge on any atom is 0.421 e. The third kappa shape index (κ3) is 2.05. The van der Waals surface area contributed by atoms with Crippen LogP contribution in [0.1, 0.15) is 5.56 Å². The highest BCUT2D eigenvalue weighted by atomic mass is 19.4. The molecule has 3 N–H and O–H groups in total. The Bertz CT molecular complexity index is 433. The van der Waals surface area contributed by atoms with Crippen molar-refractivity contribution in [1.82, 2.24) is 0 Å². The fourth-order valence-corrected chi connectivity index (χ4v) is 1.36. The van der Waals surface area contributed by atoms with Gasteiger partial charge in [0, 0.05) is 5.56 Å². The maximum atomic E-state index is 12.8. The van der Waals surface area contributed by atoms with E-state index >= 15 is 0 Å². The van der Waals surface area contributed by atoms with Crippen molar-refractivity contribution in [3.63, 3.8) is 0 Å². The summed E-state index contributed by atoms with van der Waals surface area (Å²) in [6.07, 6.45) is -5.13. The predicted molar refractivity (Wildman–Crippen MR) is 52.6 cm³/mol. The number of carboxylic acid groups (broad SMARTS) is 1. The highest BCUT2D eigenvalue weighted by molar-refractivity contribution is 5.82. The van der Waals surface area contributed by atoms with Gasteiger partial charge in [-0.15, -0.1) is 0 Å². The normalized spacial score (nSPS) is 15.1. The first kappa shape index (κ1) is 13.3. The second kappa shape index (κ2) is 4.25. The molecule has 0 aliphatic carbocycles. The summed E-state index contributed by atoms with van der Waals surface area (Å²) in [5.41, 5.74) is 0.888. The Balaban J connectivity index is 3.49. The molecule has 0 aliphatic rings. The molecule has 0 saturated heterocycles. The van der Waals surface area contributed by atoms with Crippen LogP contribution in [0.2, 0.25) is 0 Å². The summed E-state index contributed by atoms with van der Waals surface area (Å²) in [5, 5.41) is 8.74. The van der Waals surface area contributed by atoms with Gasteiger partial charge in [0.25, 0.3) is 0 Å². The maximum absolute atomic E-state index is 12.8. The number of hydrogen-bond acceptors (Lipinski definition) is 3. The van der Waals surface area contributed by atoms with Crippen LogP contribution in [-0.2, 0) is 10.3 Å². The number of carbonyl (C=O) groups is 1. The van der Waals surface area contributed by atoms with E-state index < -0.39 is 23.2 Å². The molecule has 4 nitrogen and oxygen atoms in total. The highest BCUT2D eigenvalue weighted by Crippen LogP contribution is 2.40. The van der Waals surface area contributed by atoms with Crippen molar-refractivity contribution in [1.29, 1.82) is 0 Å². The number of ether oxygens (including phenoxy) is 1. The number of nitrogens with two attached hydrogens (primary N) is 1. The zero-order chi connectivity index (χ0) is 13.3. The fraction of sp³-hybridized carbons (Fsp3) is 0.300. The minimum Gasteiger partial charge on any atom is -0.496 e. The number of alkyl halides is 3. The van der Waals surface area contributed by atoms with E-state index in [0.717, 1.165) is 13.2 Å². The number of benzene rings is 1. The summed E-state index contributed by atoms with van der Waals surface area (Å²) < 4.78 is 43.1. The van der Waals surface area contributed by atoms with Gasteiger partial charge >= 0.3 is 12.1 Å². The molecule has 1 rings (SSSR count). The monoisotopic (exact) mass is 249 g/mol. The molecule has 0 bridgehead atoms. The van der Waals surface area contributed by atoms with E-state index in [2.05, 4.69) is 0 Å². The Hall–Kier alpha value is -1.76. The molecule has 1 unspecified atom stereocenters. The van der Waals surface area contributed by atoms with Gasteiger partial charge in [0.1, 0.15) is 5.75 Å². The summed E-state index contributed by atoms with van der Waals surface area (Å²) in [5.74, 6) is -2.41. The van der Waals surface area contributed by atoms with Gasteiger partial charge in [-0.2, -0.15) is 13.2 Å². The first-order valence-electron chi connectivity index (χ1n) is 4.47. The number of carboxylic acids is 1. The number of para-hydroxylation sites is 1. The molecule has 0 heterocycles. The summed E-state index contributed by atoms with van der Waals surface area (Å²) >= 11 is 0. The van der Waals surface area contributed by atoms with E-state index in [1.165, 1.54) is 18.2 Å². The molecule has 7 heteroatoms. The Kier molecular flexibility index (Phi) is 3.33. The second-order valence-corrected chi connectivity index (χ2v) is 3.31. The van der Waals surface area contributed by atoms with Crippen LogP contribution in [-0.4, -0.2) is 24.4 Å². The predicted octanol–water partition coefficient (Wildman–Crippen LogP) is 1.50. The van der Waals surface area contributed by atoms with Crippen molar-refractivity contribution in [3.05, 3.63) is 29.8 Å². The molecule has 0 amide bonds. The summed E-state index contributed by atoms with van der Waals surface area (Å²) in [7, 11) is 1.14. The molecule has 0 radical (unpaired) electrons. The van der Waals surface area contributed by atoms with Crippen LogP contribution in [0.4, 0.5) is 13.2 Å². The first-order chi connectivity index (χ1) is 7.75. The lowest BCUT2D eigenvalue weighted by atomic mass is 9.89.